The van der Waals surface area contributed by atoms with Gasteiger partial charge < -0.3 is 15.9 Å². The molecule has 0 bridgehead atoms. The van der Waals surface area contributed by atoms with Crippen LogP contribution >= 0.6 is 0 Å². The van der Waals surface area contributed by atoms with Crippen molar-refractivity contribution in [3.8, 4) is 11.5 Å². The van der Waals surface area contributed by atoms with Crippen LogP contribution in [0.2, 0.25) is 0 Å². The van der Waals surface area contributed by atoms with E-state index in [9.17, 15) is 8.78 Å². The van der Waals surface area contributed by atoms with Crippen LogP contribution in [0.4, 0.5) is 20.5 Å². The van der Waals surface area contributed by atoms with Gasteiger partial charge in [-0.15, -0.1) is 0 Å². The van der Waals surface area contributed by atoms with Gasteiger partial charge in [-0.1, -0.05) is 6.07 Å². The van der Waals surface area contributed by atoms with E-state index in [0.717, 1.165) is 12.1 Å². The first-order valence-electron chi connectivity index (χ1n) is 4.05. The van der Waals surface area contributed by atoms with Gasteiger partial charge in [-0.05, 0) is 12.1 Å². The van der Waals surface area contributed by atoms with Crippen molar-refractivity contribution in [2.24, 2.45) is 0 Å². The highest BCUT2D eigenvalue weighted by Crippen LogP contribution is 2.28. The minimum atomic E-state index is -0.781. The molecule has 1 heterocycles. The number of hydrogen-bond donors (Lipinski definition) is 2. The molecule has 78 valence electrons. The lowest BCUT2D eigenvalue weighted by Crippen LogP contribution is -1.91. The largest absolute Gasteiger partial charge is 0.418 e. The summed E-state index contributed by atoms with van der Waals surface area (Å²) in [6.07, 6.45) is 0. The van der Waals surface area contributed by atoms with Crippen molar-refractivity contribution in [3.05, 3.63) is 29.8 Å². The van der Waals surface area contributed by atoms with Crippen molar-refractivity contribution in [2.75, 3.05) is 11.5 Å². The summed E-state index contributed by atoms with van der Waals surface area (Å²) in [7, 11) is 0. The molecular weight excluding hydrogens is 204 g/mol. The van der Waals surface area contributed by atoms with Gasteiger partial charge in [0, 0.05) is 0 Å². The van der Waals surface area contributed by atoms with Gasteiger partial charge in [-0.2, -0.15) is 4.98 Å². The number of rotatable bonds is 1. The highest BCUT2D eigenvalue weighted by molar-refractivity contribution is 5.62. The molecule has 0 spiro atoms. The Morgan fingerprint density at radius 1 is 1.13 bits per heavy atom. The van der Waals surface area contributed by atoms with Gasteiger partial charge in [0.1, 0.15) is 17.2 Å². The molecule has 15 heavy (non-hydrogen) atoms. The third-order valence-corrected chi connectivity index (χ3v) is 1.86. The Morgan fingerprint density at radius 2 is 1.73 bits per heavy atom. The minimum Gasteiger partial charge on any atom is -0.418 e. The molecule has 4 N–H and O–H groups in total. The first-order chi connectivity index (χ1) is 7.09. The summed E-state index contributed by atoms with van der Waals surface area (Å²) in [6, 6.07) is 3.42. The van der Waals surface area contributed by atoms with E-state index in [-0.39, 0.29) is 23.2 Å². The molecule has 6 heteroatoms. The van der Waals surface area contributed by atoms with Gasteiger partial charge in [0.25, 0.3) is 0 Å². The summed E-state index contributed by atoms with van der Waals surface area (Å²) >= 11 is 0. The van der Waals surface area contributed by atoms with E-state index in [1.165, 1.54) is 6.07 Å². The summed E-state index contributed by atoms with van der Waals surface area (Å²) in [6.45, 7) is 0. The fraction of sp³-hybridized carbons (Fsp3) is 0. The fourth-order valence-electron chi connectivity index (χ4n) is 1.15. The normalized spacial score (nSPS) is 10.5. The molecule has 0 amide bonds. The monoisotopic (exact) mass is 211 g/mol. The van der Waals surface area contributed by atoms with E-state index in [1.54, 1.807) is 0 Å². The molecule has 0 aliphatic carbocycles. The number of anilines is 2. The molecule has 2 rings (SSSR count). The molecule has 4 nitrogen and oxygen atoms in total. The van der Waals surface area contributed by atoms with Gasteiger partial charge in [0.05, 0.1) is 0 Å². The Hall–Kier alpha value is -2.11. The first-order valence-corrected chi connectivity index (χ1v) is 4.05. The van der Waals surface area contributed by atoms with E-state index in [4.69, 9.17) is 15.9 Å². The number of nitrogens with zero attached hydrogens (tertiary/aromatic N) is 1. The maximum Gasteiger partial charge on any atom is 0.236 e. The van der Waals surface area contributed by atoms with E-state index >= 15 is 0 Å². The number of aromatic nitrogens is 1. The van der Waals surface area contributed by atoms with E-state index in [2.05, 4.69) is 4.98 Å². The maximum absolute atomic E-state index is 13.3. The smallest absolute Gasteiger partial charge is 0.236 e. The first kappa shape index (κ1) is 9.45. The number of nitrogen functional groups attached to an aromatic ring is 2. The van der Waals surface area contributed by atoms with Gasteiger partial charge in [-0.3, -0.25) is 0 Å². The summed E-state index contributed by atoms with van der Waals surface area (Å²) in [4.78, 5) is 3.61. The number of oxazole rings is 1. The average Bonchev–Trinajstić information content (AvgIpc) is 2.46. The van der Waals surface area contributed by atoms with Crippen LogP contribution in [0.25, 0.3) is 11.5 Å². The zero-order chi connectivity index (χ0) is 11.0. The molecular formula is C9H7F2N3O. The molecule has 0 saturated heterocycles. The van der Waals surface area contributed by atoms with E-state index < -0.39 is 11.6 Å². The van der Waals surface area contributed by atoms with Crippen molar-refractivity contribution >= 4 is 11.7 Å². The summed E-state index contributed by atoms with van der Waals surface area (Å²) < 4.78 is 31.3. The molecule has 0 radical (unpaired) electrons. The van der Waals surface area contributed by atoms with E-state index in [1.807, 2.05) is 0 Å². The van der Waals surface area contributed by atoms with Crippen LogP contribution < -0.4 is 11.5 Å². The molecule has 0 saturated carbocycles. The third-order valence-electron chi connectivity index (χ3n) is 1.86. The predicted octanol–water partition coefficient (Wildman–Crippen LogP) is 1.78. The molecule has 0 aliphatic rings. The molecule has 2 aromatic rings. The second-order valence-electron chi connectivity index (χ2n) is 2.87. The van der Waals surface area contributed by atoms with Crippen molar-refractivity contribution < 1.29 is 13.2 Å². The Balaban J connectivity index is 2.63. The summed E-state index contributed by atoms with van der Waals surface area (Å²) in [5.74, 6) is -2.08. The lowest BCUT2D eigenvalue weighted by Gasteiger charge is -1.98. The van der Waals surface area contributed by atoms with Crippen molar-refractivity contribution in [3.63, 3.8) is 0 Å². The zero-order valence-electron chi connectivity index (χ0n) is 7.50. The third kappa shape index (κ3) is 1.50. The quantitative estimate of drug-likeness (QED) is 0.753. The van der Waals surface area contributed by atoms with Gasteiger partial charge in [0.2, 0.25) is 11.8 Å². The Kier molecular flexibility index (Phi) is 2.03. The topological polar surface area (TPSA) is 78.1 Å². The summed E-state index contributed by atoms with van der Waals surface area (Å²) in [5, 5.41) is 0. The van der Waals surface area contributed by atoms with Gasteiger partial charge in [0.15, 0.2) is 5.82 Å². The standard InChI is InChI=1S/C9H7F2N3O/c10-4-2-1-3-5(11)6(4)9-14-7(12)8(13)15-9/h1-3H,12-13H2. The van der Waals surface area contributed by atoms with Crippen LogP contribution in [0.1, 0.15) is 0 Å². The van der Waals surface area contributed by atoms with Crippen LogP contribution in [-0.4, -0.2) is 4.98 Å². The Labute approximate surface area is 83.5 Å². The lowest BCUT2D eigenvalue weighted by molar-refractivity contribution is 0.551. The lowest BCUT2D eigenvalue weighted by atomic mass is 10.2. The number of nitrogens with two attached hydrogens (primary N) is 2. The highest BCUT2D eigenvalue weighted by atomic mass is 19.1. The molecule has 0 atom stereocenters. The van der Waals surface area contributed by atoms with Crippen molar-refractivity contribution in [1.82, 2.24) is 4.98 Å². The second kappa shape index (κ2) is 3.23. The second-order valence-corrected chi connectivity index (χ2v) is 2.87. The maximum atomic E-state index is 13.3. The van der Waals surface area contributed by atoms with Crippen LogP contribution in [0.15, 0.2) is 22.6 Å². The van der Waals surface area contributed by atoms with Crippen LogP contribution in [0.5, 0.6) is 0 Å². The molecule has 1 aromatic carbocycles. The van der Waals surface area contributed by atoms with Crippen LogP contribution in [0, 0.1) is 11.6 Å². The molecule has 1 aromatic heterocycles. The minimum absolute atomic E-state index is 0.0901. The number of hydrogen-bond acceptors (Lipinski definition) is 4. The Bertz CT molecular complexity index is 470. The van der Waals surface area contributed by atoms with Crippen LogP contribution in [0.3, 0.4) is 0 Å². The molecule has 0 unspecified atom stereocenters. The average molecular weight is 211 g/mol. The van der Waals surface area contributed by atoms with Gasteiger partial charge >= 0.3 is 0 Å². The van der Waals surface area contributed by atoms with Gasteiger partial charge in [-0.25, -0.2) is 8.78 Å². The van der Waals surface area contributed by atoms with Crippen molar-refractivity contribution in [1.29, 1.82) is 0 Å². The molecule has 0 fully saturated rings. The Morgan fingerprint density at radius 3 is 2.20 bits per heavy atom. The highest BCUT2D eigenvalue weighted by Gasteiger charge is 2.17. The number of halogens is 2. The predicted molar refractivity (Wildman–Crippen MR) is 50.7 cm³/mol. The van der Waals surface area contributed by atoms with Crippen molar-refractivity contribution in [2.45, 2.75) is 0 Å². The van der Waals surface area contributed by atoms with Crippen LogP contribution in [-0.2, 0) is 0 Å². The SMILES string of the molecule is Nc1nc(-c2c(F)cccc2F)oc1N. The molecule has 0 aliphatic heterocycles. The summed E-state index contributed by atoms with van der Waals surface area (Å²) in [5.41, 5.74) is 10.2. The fourth-order valence-corrected chi connectivity index (χ4v) is 1.15. The van der Waals surface area contributed by atoms with E-state index in [0.29, 0.717) is 0 Å². The number of benzene rings is 1. The zero-order valence-corrected chi connectivity index (χ0v) is 7.50.